The maximum absolute atomic E-state index is 11.9. The van der Waals surface area contributed by atoms with Crippen molar-refractivity contribution in [1.29, 1.82) is 0 Å². The monoisotopic (exact) mass is 1670 g/mol. The van der Waals surface area contributed by atoms with Crippen LogP contribution in [0.5, 0.6) is 0 Å². The van der Waals surface area contributed by atoms with Crippen LogP contribution in [0, 0.1) is 0 Å². The molecule has 0 aliphatic carbocycles. The summed E-state index contributed by atoms with van der Waals surface area (Å²) in [5, 5.41) is 24.9. The Morgan fingerprint density at radius 3 is 1.17 bits per heavy atom. The molecule has 0 amide bonds. The second kappa shape index (κ2) is 40.7. The van der Waals surface area contributed by atoms with Gasteiger partial charge in [-0.05, 0) is 93.1 Å². The summed E-state index contributed by atoms with van der Waals surface area (Å²) in [6, 6.07) is 27.2. The van der Waals surface area contributed by atoms with Crippen LogP contribution < -0.4 is 0 Å². The Morgan fingerprint density at radius 2 is 0.869 bits per heavy atom. The highest BCUT2D eigenvalue weighted by Gasteiger charge is 2.22. The molecule has 16 aromatic heterocycles. The number of hydrogen-bond donors (Lipinski definition) is 10. The first-order chi connectivity index (χ1) is 51.4. The van der Waals surface area contributed by atoms with Crippen molar-refractivity contribution in [1.82, 2.24) is 58.6 Å². The fourth-order valence-corrected chi connectivity index (χ4v) is 9.32. The zero-order valence-electron chi connectivity index (χ0n) is 56.5. The minimum atomic E-state index is -1.67. The van der Waals surface area contributed by atoms with Gasteiger partial charge in [-0.25, -0.2) is 38.1 Å². The van der Waals surface area contributed by atoms with Gasteiger partial charge in [-0.2, -0.15) is 0 Å². The molecule has 16 aromatic rings. The van der Waals surface area contributed by atoms with Gasteiger partial charge in [-0.1, -0.05) is 0 Å². The van der Waals surface area contributed by atoms with Gasteiger partial charge >= 0.3 is 29.8 Å². The maximum Gasteiger partial charge on any atom is 0.356 e. The Labute approximate surface area is 632 Å². The lowest BCUT2D eigenvalue weighted by molar-refractivity contribution is -0.367. The summed E-state index contributed by atoms with van der Waals surface area (Å²) >= 11 is 7.24. The molecule has 1 aliphatic heterocycles. The number of carbonyl (C=O) groups is 6. The summed E-state index contributed by atoms with van der Waals surface area (Å²) < 4.78 is 75.2. The number of aromatic amines is 7. The van der Waals surface area contributed by atoms with Crippen LogP contribution in [-0.4, -0.2) is 136 Å². The molecule has 0 bridgehead atoms. The Morgan fingerprint density at radius 1 is 0.523 bits per heavy atom. The van der Waals surface area contributed by atoms with Gasteiger partial charge in [-0.15, -0.1) is 0 Å². The quantitative estimate of drug-likeness (QED) is 0.0178. The van der Waals surface area contributed by atoms with E-state index in [9.17, 15) is 28.8 Å². The minimum absolute atomic E-state index is 0.0764. The van der Waals surface area contributed by atoms with Crippen molar-refractivity contribution in [3.8, 4) is 0 Å². The van der Waals surface area contributed by atoms with Crippen molar-refractivity contribution in [3.63, 3.8) is 0 Å². The SMILES string of the molecule is CC(I)OC(=O)c1cc2occc2[nH]1.CC(OC(=O)c1cc2occc2[nH]1)n1ccnc1.CC1OC(C)OC(C)O1.O=C(Cl)c1cc2occc2[nH]1.O=C(O)c1cc2occc2[nH]1.O=C(O)c1cc2occc2[nH]1.O=C(OCn1cccc1)c1cc2occc2[nH]1.O=S(Cl)Cl.OCn1cccc1.c1c[nH]cn1. The van der Waals surface area contributed by atoms with Crippen LogP contribution in [0.2, 0.25) is 0 Å². The Bertz CT molecular complexity index is 4910. The average Bonchev–Trinajstić information content (AvgIpc) is 2.14. The second-order valence-corrected chi connectivity index (χ2v) is 25.9. The molecular weight excluding hydrogens is 1600 g/mol. The normalized spacial score (nSPS) is 13.9. The molecule has 564 valence electrons. The molecule has 0 radical (unpaired) electrons. The number of alkyl halides is 1. The third-order valence-electron chi connectivity index (χ3n) is 13.7. The van der Waals surface area contributed by atoms with E-state index in [1.54, 1.807) is 163 Å². The molecule has 0 saturated carbocycles. The number of hydrogen-bond acceptors (Lipinski definition) is 22. The minimum Gasteiger partial charge on any atom is -0.477 e. The number of carboxylic acid groups (broad SMARTS) is 2. The van der Waals surface area contributed by atoms with Gasteiger partial charge in [0, 0.05) is 144 Å². The number of aliphatic hydroxyl groups is 1. The molecule has 17 heterocycles. The first kappa shape index (κ1) is 81.2. The van der Waals surface area contributed by atoms with Gasteiger partial charge in [0.2, 0.25) is 9.23 Å². The molecule has 1 saturated heterocycles. The van der Waals surface area contributed by atoms with Crippen LogP contribution in [0.15, 0.2) is 223 Å². The van der Waals surface area contributed by atoms with Crippen molar-refractivity contribution in [2.45, 2.75) is 77.3 Å². The van der Waals surface area contributed by atoms with Crippen LogP contribution in [-0.2, 0) is 51.1 Å². The maximum atomic E-state index is 11.9. The van der Waals surface area contributed by atoms with Crippen LogP contribution in [0.1, 0.15) is 104 Å². The number of aliphatic hydroxyl groups excluding tert-OH is 1. The zero-order valence-corrected chi connectivity index (χ0v) is 61.8. The number of imidazole rings is 2. The number of esters is 3. The van der Waals surface area contributed by atoms with Crippen molar-refractivity contribution in [3.05, 3.63) is 231 Å². The van der Waals surface area contributed by atoms with E-state index in [-0.39, 0.29) is 53.8 Å². The smallest absolute Gasteiger partial charge is 0.356 e. The lowest BCUT2D eigenvalue weighted by atomic mass is 10.4. The van der Waals surface area contributed by atoms with Gasteiger partial charge in [0.05, 0.1) is 83.3 Å². The lowest BCUT2D eigenvalue weighted by Gasteiger charge is -2.30. The number of H-pyrrole nitrogens is 7. The fourth-order valence-electron chi connectivity index (χ4n) is 8.98. The van der Waals surface area contributed by atoms with Crippen LogP contribution in [0.25, 0.3) is 66.6 Å². The molecule has 1 aliphatic rings. The second-order valence-electron chi connectivity index (χ2n) is 21.3. The largest absolute Gasteiger partial charge is 0.477 e. The summed E-state index contributed by atoms with van der Waals surface area (Å²) in [5.41, 5.74) is 10.2. The predicted octanol–water partition coefficient (Wildman–Crippen LogP) is 15.4. The molecule has 39 heteroatoms. The topological polar surface area (TPSA) is 466 Å². The van der Waals surface area contributed by atoms with Gasteiger partial charge < -0.3 is 119 Å². The number of nitrogens with zero attached hydrogens (tertiary/aromatic N) is 5. The molecule has 107 heavy (non-hydrogen) atoms. The molecule has 10 N–H and O–H groups in total. The number of rotatable bonds is 12. The van der Waals surface area contributed by atoms with Gasteiger partial charge in [0.1, 0.15) is 45.0 Å². The molecule has 1 fully saturated rings. The van der Waals surface area contributed by atoms with E-state index >= 15 is 0 Å². The summed E-state index contributed by atoms with van der Waals surface area (Å²) in [7, 11) is 7.36. The van der Waals surface area contributed by atoms with Gasteiger partial charge in [0.25, 0.3) is 5.24 Å². The van der Waals surface area contributed by atoms with Crippen molar-refractivity contribution in [2.24, 2.45) is 0 Å². The van der Waals surface area contributed by atoms with E-state index in [4.69, 9.17) is 86.1 Å². The Hall–Kier alpha value is -11.5. The lowest BCUT2D eigenvalue weighted by Crippen LogP contribution is -2.35. The van der Waals surface area contributed by atoms with E-state index in [2.05, 4.69) is 66.2 Å². The van der Waals surface area contributed by atoms with E-state index in [0.717, 1.165) is 22.1 Å². The summed E-state index contributed by atoms with van der Waals surface area (Å²) in [4.78, 5) is 93.7. The number of carboxylic acids is 2. The number of fused-ring (bicyclic) bond motifs is 6. The zero-order chi connectivity index (χ0) is 76.9. The van der Waals surface area contributed by atoms with Crippen molar-refractivity contribution < 1.29 is 103 Å². The summed E-state index contributed by atoms with van der Waals surface area (Å²) in [6.07, 6.45) is 25.7. The van der Waals surface area contributed by atoms with Crippen molar-refractivity contribution >= 4 is 166 Å². The van der Waals surface area contributed by atoms with E-state index in [1.807, 2.05) is 80.0 Å². The van der Waals surface area contributed by atoms with Crippen LogP contribution >= 0.6 is 55.6 Å². The standard InChI is InChI=1S/C12H11N3O3.C12H10N2O3.C9H8INO3.C7H4ClNO2.2C7H5NO3.C6H12O3.C5H7NO.C3H4N2.Cl2OS/c1-8(15-4-3-13-7-15)18-12(16)10-6-11-9(14-10)2-5-17-11;15-12(17-8-14-4-1-2-5-14)10-7-11-9(13-10)3-6-16-11;1-5(10)14-9(12)7-4-8-6(11-7)2-3-13-8;8-7(10)5-3-6-4(9-5)1-2-11-6;2*9-7(10)5-3-6-4(8-5)1-2-11-6;1-4-7-5(2)9-6(3)8-4;7-5-6-3-1-2-4-6;1-2-5-3-4-1;1-4(2)3/h2-8,14H,1H3;1-7,13H,8H2;2-5,11H,1H3;1-3,9H;2*1-3,8H,(H,9,10);4-6H,1-3H3;1-4,7H,5H2;1-3H,(H,4,5);. The molecule has 2 unspecified atom stereocenters. The predicted molar refractivity (Wildman–Crippen MR) is 395 cm³/mol. The first-order valence-corrected chi connectivity index (χ1v) is 35.5. The third-order valence-corrected chi connectivity index (χ3v) is 14.1. The molecule has 34 nitrogen and oxygen atoms in total. The summed E-state index contributed by atoms with van der Waals surface area (Å²) in [6.45, 7) is 9.41. The number of furan rings is 6. The third kappa shape index (κ3) is 25.7. The number of nitrogens with one attached hydrogen (secondary N) is 7. The van der Waals surface area contributed by atoms with Crippen LogP contribution in [0.3, 0.4) is 0 Å². The molecular formula is C68H66Cl3IN12O22S. The Kier molecular flexibility index (Phi) is 30.9. The average molecular weight is 1670 g/mol. The highest BCUT2D eigenvalue weighted by Crippen LogP contribution is 2.23. The fraction of sp³-hybridized carbons (Fsp3) is 0.176. The highest BCUT2D eigenvalue weighted by atomic mass is 127. The molecule has 0 spiro atoms. The van der Waals surface area contributed by atoms with E-state index < -0.39 is 44.6 Å². The first-order valence-electron chi connectivity index (χ1n) is 31.1. The number of aromatic nitrogens is 12. The number of ether oxygens (including phenoxy) is 6. The Balaban J connectivity index is 0.000000154. The van der Waals surface area contributed by atoms with Gasteiger partial charge in [0.15, 0.2) is 65.3 Å². The number of carbonyl (C=O) groups excluding carboxylic acids is 4. The number of aromatic carboxylic acids is 2. The van der Waals surface area contributed by atoms with Crippen LogP contribution in [0.4, 0.5) is 0 Å². The van der Waals surface area contributed by atoms with Crippen molar-refractivity contribution in [2.75, 3.05) is 0 Å². The highest BCUT2D eigenvalue weighted by molar-refractivity contribution is 14.1. The summed E-state index contributed by atoms with van der Waals surface area (Å²) in [5.74, 6) is -3.14. The number of halogens is 4. The van der Waals surface area contributed by atoms with E-state index in [0.29, 0.717) is 67.3 Å². The van der Waals surface area contributed by atoms with E-state index in [1.165, 1.54) is 24.7 Å². The molecule has 17 rings (SSSR count). The molecule has 2 atom stereocenters. The molecule has 0 aromatic carbocycles. The van der Waals surface area contributed by atoms with Gasteiger partial charge in [-0.3, -0.25) is 4.79 Å².